The molecule has 0 aliphatic rings. The highest BCUT2D eigenvalue weighted by Gasteiger charge is 2.03. The molecule has 3 N–H and O–H groups in total. The maximum atomic E-state index is 11.1. The summed E-state index contributed by atoms with van der Waals surface area (Å²) >= 11 is 0. The normalized spacial score (nSPS) is 10.1. The number of carbonyl (C=O) groups is 1. The molecule has 5 heteroatoms. The largest absolute Gasteiger partial charge is 0.465 e. The van der Waals surface area contributed by atoms with E-state index in [-0.39, 0.29) is 25.8 Å². The number of esters is 1. The average Bonchev–Trinajstić information content (AvgIpc) is 2.75. The summed E-state index contributed by atoms with van der Waals surface area (Å²) < 4.78 is 4.60. The summed E-state index contributed by atoms with van der Waals surface area (Å²) in [5, 5.41) is 26.0. The standard InChI is InChI=1S/C12H16O3.C11H16O2/c1-15-12(14)11-7-5-10(6-8-11)4-2-3-9-13;12-8-2-1-3-10-4-6-11(9-13)7-5-10/h5-8,13H,2-4,9H2,1H3;4-7,12-13H,1-3,8-9H2. The van der Waals surface area contributed by atoms with Crippen LogP contribution in [-0.4, -0.2) is 41.6 Å². The third-order valence-corrected chi connectivity index (χ3v) is 4.33. The van der Waals surface area contributed by atoms with E-state index in [1.54, 1.807) is 12.1 Å². The summed E-state index contributed by atoms with van der Waals surface area (Å²) in [5.74, 6) is -0.308. The van der Waals surface area contributed by atoms with E-state index in [1.165, 1.54) is 18.2 Å². The van der Waals surface area contributed by atoms with E-state index in [9.17, 15) is 4.79 Å². The molecule has 2 rings (SSSR count). The second-order valence-corrected chi connectivity index (χ2v) is 6.52. The number of hydrogen-bond acceptors (Lipinski definition) is 5. The Labute approximate surface area is 167 Å². The van der Waals surface area contributed by atoms with Crippen LogP contribution < -0.4 is 0 Å². The molecule has 0 bridgehead atoms. The Kier molecular flexibility index (Phi) is 12.6. The molecule has 0 radical (unpaired) electrons. The van der Waals surface area contributed by atoms with Crippen LogP contribution in [0.4, 0.5) is 0 Å². The van der Waals surface area contributed by atoms with Crippen molar-refractivity contribution in [3.63, 3.8) is 0 Å². The Balaban J connectivity index is 0.000000283. The van der Waals surface area contributed by atoms with E-state index < -0.39 is 0 Å². The van der Waals surface area contributed by atoms with Crippen LogP contribution in [0.15, 0.2) is 48.5 Å². The van der Waals surface area contributed by atoms with Crippen molar-refractivity contribution in [2.24, 2.45) is 0 Å². The molecule has 28 heavy (non-hydrogen) atoms. The number of aryl methyl sites for hydroxylation is 2. The lowest BCUT2D eigenvalue weighted by Crippen LogP contribution is -2.00. The molecule has 0 spiro atoms. The molecule has 0 saturated carbocycles. The van der Waals surface area contributed by atoms with E-state index in [0.29, 0.717) is 5.56 Å². The van der Waals surface area contributed by atoms with Crippen LogP contribution in [0.25, 0.3) is 0 Å². The number of benzene rings is 2. The number of hydrogen-bond donors (Lipinski definition) is 3. The molecule has 2 aromatic rings. The van der Waals surface area contributed by atoms with E-state index in [1.807, 2.05) is 36.4 Å². The minimum absolute atomic E-state index is 0.108. The first-order valence-corrected chi connectivity index (χ1v) is 9.72. The summed E-state index contributed by atoms with van der Waals surface area (Å²) in [4.78, 5) is 11.1. The zero-order valence-corrected chi connectivity index (χ0v) is 16.6. The first-order chi connectivity index (χ1) is 13.6. The predicted molar refractivity (Wildman–Crippen MR) is 110 cm³/mol. The molecule has 0 amide bonds. The highest BCUT2D eigenvalue weighted by Crippen LogP contribution is 2.09. The number of methoxy groups -OCH3 is 1. The van der Waals surface area contributed by atoms with Crippen molar-refractivity contribution in [1.82, 2.24) is 0 Å². The number of rotatable bonds is 10. The molecule has 154 valence electrons. The Morgan fingerprint density at radius 3 is 1.54 bits per heavy atom. The molecule has 0 aromatic heterocycles. The maximum absolute atomic E-state index is 11.1. The van der Waals surface area contributed by atoms with Crippen molar-refractivity contribution < 1.29 is 24.9 Å². The fourth-order valence-corrected chi connectivity index (χ4v) is 2.62. The van der Waals surface area contributed by atoms with Crippen LogP contribution >= 0.6 is 0 Å². The second kappa shape index (κ2) is 14.8. The van der Waals surface area contributed by atoms with Gasteiger partial charge in [0.05, 0.1) is 19.3 Å². The zero-order valence-electron chi connectivity index (χ0n) is 16.6. The number of carbonyl (C=O) groups excluding carboxylic acids is 1. The van der Waals surface area contributed by atoms with Gasteiger partial charge in [-0.25, -0.2) is 4.79 Å². The highest BCUT2D eigenvalue weighted by molar-refractivity contribution is 5.89. The Hall–Kier alpha value is -2.21. The van der Waals surface area contributed by atoms with Gasteiger partial charge in [-0.15, -0.1) is 0 Å². The first-order valence-electron chi connectivity index (χ1n) is 9.72. The summed E-state index contributed by atoms with van der Waals surface area (Å²) in [7, 11) is 1.37. The number of unbranched alkanes of at least 4 members (excludes halogenated alkanes) is 2. The van der Waals surface area contributed by atoms with Crippen molar-refractivity contribution in [2.45, 2.75) is 45.1 Å². The predicted octanol–water partition coefficient (Wildman–Crippen LogP) is 3.28. The van der Waals surface area contributed by atoms with Crippen molar-refractivity contribution >= 4 is 5.97 Å². The molecule has 0 heterocycles. The van der Waals surface area contributed by atoms with Gasteiger partial charge in [-0.2, -0.15) is 0 Å². The summed E-state index contributed by atoms with van der Waals surface area (Å²) in [6.45, 7) is 0.617. The van der Waals surface area contributed by atoms with Crippen molar-refractivity contribution in [3.8, 4) is 0 Å². The Morgan fingerprint density at radius 2 is 1.14 bits per heavy atom. The number of aliphatic hydroxyl groups excluding tert-OH is 3. The lowest BCUT2D eigenvalue weighted by Gasteiger charge is -2.02. The van der Waals surface area contributed by atoms with Crippen LogP contribution in [0.2, 0.25) is 0 Å². The van der Waals surface area contributed by atoms with Crippen LogP contribution in [0.3, 0.4) is 0 Å². The number of ether oxygens (including phenoxy) is 1. The quantitative estimate of drug-likeness (QED) is 0.429. The second-order valence-electron chi connectivity index (χ2n) is 6.52. The summed E-state index contributed by atoms with van der Waals surface area (Å²) in [5.41, 5.74) is 3.97. The van der Waals surface area contributed by atoms with Gasteiger partial charge in [0.1, 0.15) is 0 Å². The van der Waals surface area contributed by atoms with Crippen LogP contribution in [0.5, 0.6) is 0 Å². The van der Waals surface area contributed by atoms with Gasteiger partial charge in [-0.3, -0.25) is 0 Å². The van der Waals surface area contributed by atoms with Gasteiger partial charge < -0.3 is 20.1 Å². The van der Waals surface area contributed by atoms with Crippen molar-refractivity contribution in [2.75, 3.05) is 20.3 Å². The highest BCUT2D eigenvalue weighted by atomic mass is 16.5. The molecule has 0 aliphatic heterocycles. The third kappa shape index (κ3) is 9.65. The third-order valence-electron chi connectivity index (χ3n) is 4.33. The molecular weight excluding hydrogens is 356 g/mol. The lowest BCUT2D eigenvalue weighted by atomic mass is 10.1. The van der Waals surface area contributed by atoms with Gasteiger partial charge in [0.25, 0.3) is 0 Å². The number of aliphatic hydroxyl groups is 3. The minimum atomic E-state index is -0.308. The Bertz CT molecular complexity index is 650. The molecule has 5 nitrogen and oxygen atoms in total. The van der Waals surface area contributed by atoms with E-state index in [2.05, 4.69) is 4.74 Å². The molecule has 0 atom stereocenters. The molecule has 0 saturated heterocycles. The minimum Gasteiger partial charge on any atom is -0.465 e. The summed E-state index contributed by atoms with van der Waals surface area (Å²) in [6, 6.07) is 15.3. The lowest BCUT2D eigenvalue weighted by molar-refractivity contribution is 0.0600. The molecule has 0 aliphatic carbocycles. The van der Waals surface area contributed by atoms with Crippen molar-refractivity contribution in [3.05, 3.63) is 70.8 Å². The maximum Gasteiger partial charge on any atom is 0.337 e. The fraction of sp³-hybridized carbons (Fsp3) is 0.435. The smallest absolute Gasteiger partial charge is 0.337 e. The SMILES string of the molecule is COC(=O)c1ccc(CCCCO)cc1.OCCCCc1ccc(CO)cc1. The van der Waals surface area contributed by atoms with Gasteiger partial charge in [-0.1, -0.05) is 36.4 Å². The van der Waals surface area contributed by atoms with Gasteiger partial charge in [0, 0.05) is 13.2 Å². The average molecular weight is 389 g/mol. The van der Waals surface area contributed by atoms with Crippen LogP contribution in [0, 0.1) is 0 Å². The van der Waals surface area contributed by atoms with Crippen molar-refractivity contribution in [1.29, 1.82) is 0 Å². The molecular formula is C23H32O5. The van der Waals surface area contributed by atoms with Crippen LogP contribution in [0.1, 0.15) is 52.7 Å². The van der Waals surface area contributed by atoms with E-state index >= 15 is 0 Å². The van der Waals surface area contributed by atoms with E-state index in [4.69, 9.17) is 15.3 Å². The summed E-state index contributed by atoms with van der Waals surface area (Å²) in [6.07, 6.45) is 5.61. The van der Waals surface area contributed by atoms with E-state index in [0.717, 1.165) is 44.1 Å². The van der Waals surface area contributed by atoms with Gasteiger partial charge in [0.15, 0.2) is 0 Å². The monoisotopic (exact) mass is 388 g/mol. The van der Waals surface area contributed by atoms with Gasteiger partial charge in [0.2, 0.25) is 0 Å². The topological polar surface area (TPSA) is 87.0 Å². The van der Waals surface area contributed by atoms with Crippen LogP contribution in [-0.2, 0) is 24.2 Å². The first kappa shape index (κ1) is 23.8. The van der Waals surface area contributed by atoms with Gasteiger partial charge in [-0.05, 0) is 67.3 Å². The Morgan fingerprint density at radius 1 is 0.714 bits per heavy atom. The molecule has 0 fully saturated rings. The molecule has 0 unspecified atom stereocenters. The molecule has 2 aromatic carbocycles. The fourth-order valence-electron chi connectivity index (χ4n) is 2.62. The zero-order chi connectivity index (χ0) is 20.6. The van der Waals surface area contributed by atoms with Gasteiger partial charge >= 0.3 is 5.97 Å².